The van der Waals surface area contributed by atoms with Gasteiger partial charge in [-0.25, -0.2) is 9.78 Å². The zero-order valence-corrected chi connectivity index (χ0v) is 18.9. The Hall–Kier alpha value is -1.76. The van der Waals surface area contributed by atoms with Crippen LogP contribution in [0.2, 0.25) is 0 Å². The minimum absolute atomic E-state index is 0.200. The number of ether oxygens (including phenoxy) is 1. The van der Waals surface area contributed by atoms with E-state index in [1.54, 1.807) is 14.0 Å². The number of Topliss-reactive ketones (excluding diaryl/α,β-unsaturated/α-hetero) is 2. The molecule has 6 heteroatoms. The Morgan fingerprint density at radius 2 is 1.80 bits per heavy atom. The molecule has 2 fully saturated rings. The summed E-state index contributed by atoms with van der Waals surface area (Å²) in [4.78, 5) is 39.4. The van der Waals surface area contributed by atoms with E-state index in [2.05, 4.69) is 0 Å². The molecule has 1 N–H and O–H groups in total. The molecule has 0 aromatic heterocycles. The first kappa shape index (κ1) is 21.5. The molecule has 1 saturated heterocycles. The molecular weight excluding hydrogens is 384 g/mol. The molecule has 1 aliphatic heterocycles. The van der Waals surface area contributed by atoms with Crippen LogP contribution in [0.4, 0.5) is 0 Å². The Morgan fingerprint density at radius 1 is 1.13 bits per heavy atom. The van der Waals surface area contributed by atoms with Crippen molar-refractivity contribution in [3.05, 3.63) is 28.8 Å². The van der Waals surface area contributed by atoms with E-state index in [1.807, 2.05) is 46.8 Å². The number of ketones is 2. The van der Waals surface area contributed by atoms with E-state index in [0.717, 1.165) is 0 Å². The van der Waals surface area contributed by atoms with E-state index < -0.39 is 34.3 Å². The molecule has 0 amide bonds. The van der Waals surface area contributed by atoms with Gasteiger partial charge in [-0.1, -0.05) is 19.9 Å². The van der Waals surface area contributed by atoms with Crippen LogP contribution in [-0.4, -0.2) is 35.5 Å². The zero-order valence-electron chi connectivity index (χ0n) is 18.9. The number of carbonyl (C=O) groups excluding carboxylic acids is 2. The molecule has 1 aromatic carbocycles. The Labute approximate surface area is 177 Å². The van der Waals surface area contributed by atoms with Gasteiger partial charge in [-0.2, -0.15) is 0 Å². The third-order valence-electron chi connectivity index (χ3n) is 8.54. The average Bonchev–Trinajstić information content (AvgIpc) is 3.03. The molecule has 0 spiro atoms. The first-order chi connectivity index (χ1) is 13.9. The van der Waals surface area contributed by atoms with Gasteiger partial charge in [-0.05, 0) is 64.0 Å². The number of hydrogen-bond acceptors (Lipinski definition) is 6. The number of fused-ring (bicyclic) bond motifs is 1. The van der Waals surface area contributed by atoms with E-state index in [4.69, 9.17) is 14.5 Å². The summed E-state index contributed by atoms with van der Waals surface area (Å²) in [6, 6.07) is 3.66. The normalized spacial score (nSPS) is 40.1. The standard InChI is InChI=1S/C24H32O6/c1-12-15-10-11-24(30-29-22(4,5)14(3)19(12)25)16-8-9-17(28-7)13(2)18(16)20(26)21(27)23(15,24)6/h8-9,12,14-15,19,25H,10-11H2,1-7H3. The predicted molar refractivity (Wildman–Crippen MR) is 110 cm³/mol. The highest BCUT2D eigenvalue weighted by Gasteiger charge is 2.71. The Balaban J connectivity index is 2.02. The van der Waals surface area contributed by atoms with Crippen LogP contribution in [0, 0.1) is 30.1 Å². The Bertz CT molecular complexity index is 921. The first-order valence-corrected chi connectivity index (χ1v) is 10.8. The van der Waals surface area contributed by atoms with Crippen LogP contribution in [0.25, 0.3) is 0 Å². The molecule has 1 aromatic rings. The van der Waals surface area contributed by atoms with E-state index in [9.17, 15) is 14.7 Å². The fourth-order valence-electron chi connectivity index (χ4n) is 6.19. The first-order valence-electron chi connectivity index (χ1n) is 10.8. The minimum atomic E-state index is -1.13. The summed E-state index contributed by atoms with van der Waals surface area (Å²) >= 11 is 0. The van der Waals surface area contributed by atoms with Gasteiger partial charge in [0.1, 0.15) is 17.0 Å². The molecular formula is C24H32O6. The lowest BCUT2D eigenvalue weighted by molar-refractivity contribution is -0.433. The molecule has 2 aliphatic carbocycles. The van der Waals surface area contributed by atoms with Crippen molar-refractivity contribution in [2.24, 2.45) is 23.2 Å². The van der Waals surface area contributed by atoms with Gasteiger partial charge in [0.15, 0.2) is 0 Å². The molecule has 6 atom stereocenters. The van der Waals surface area contributed by atoms with Crippen molar-refractivity contribution in [2.75, 3.05) is 7.11 Å². The van der Waals surface area contributed by atoms with Gasteiger partial charge < -0.3 is 9.84 Å². The monoisotopic (exact) mass is 416 g/mol. The molecule has 164 valence electrons. The highest BCUT2D eigenvalue weighted by Crippen LogP contribution is 2.65. The van der Waals surface area contributed by atoms with Crippen molar-refractivity contribution in [1.29, 1.82) is 0 Å². The van der Waals surface area contributed by atoms with E-state index >= 15 is 0 Å². The lowest BCUT2D eigenvalue weighted by atomic mass is 9.56. The lowest BCUT2D eigenvalue weighted by Gasteiger charge is -2.48. The van der Waals surface area contributed by atoms with Gasteiger partial charge in [-0.3, -0.25) is 9.59 Å². The molecule has 3 aliphatic rings. The number of hydrogen-bond donors (Lipinski definition) is 1. The van der Waals surface area contributed by atoms with Gasteiger partial charge in [0.25, 0.3) is 0 Å². The van der Waals surface area contributed by atoms with Gasteiger partial charge in [0, 0.05) is 17.0 Å². The van der Waals surface area contributed by atoms with Crippen LogP contribution in [0.5, 0.6) is 5.75 Å². The lowest BCUT2D eigenvalue weighted by Crippen LogP contribution is -2.57. The van der Waals surface area contributed by atoms with Crippen LogP contribution in [-0.2, 0) is 20.2 Å². The molecule has 6 unspecified atom stereocenters. The average molecular weight is 417 g/mol. The number of carbonyl (C=O) groups is 2. The van der Waals surface area contributed by atoms with Crippen LogP contribution in [0.15, 0.2) is 12.1 Å². The fraction of sp³-hybridized carbons (Fsp3) is 0.667. The largest absolute Gasteiger partial charge is 0.496 e. The van der Waals surface area contributed by atoms with Crippen molar-refractivity contribution in [1.82, 2.24) is 0 Å². The summed E-state index contributed by atoms with van der Waals surface area (Å²) in [7, 11) is 1.55. The van der Waals surface area contributed by atoms with Crippen LogP contribution in [0.1, 0.15) is 68.9 Å². The number of aliphatic hydroxyl groups excluding tert-OH is 1. The molecule has 1 heterocycles. The van der Waals surface area contributed by atoms with Crippen LogP contribution < -0.4 is 4.74 Å². The quantitative estimate of drug-likeness (QED) is 0.555. The summed E-state index contributed by atoms with van der Waals surface area (Å²) in [6.07, 6.45) is 0.503. The SMILES string of the molecule is COc1ccc2c(c1C)C(=O)C(=O)C1(C)C3CCC21OOC(C)(C)C(C)C(O)C3C. The Kier molecular flexibility index (Phi) is 4.74. The maximum atomic E-state index is 13.7. The summed E-state index contributed by atoms with van der Waals surface area (Å²) < 4.78 is 5.41. The molecule has 2 bridgehead atoms. The second kappa shape index (κ2) is 6.62. The zero-order chi connectivity index (χ0) is 22.2. The van der Waals surface area contributed by atoms with Gasteiger partial charge in [0.05, 0.1) is 18.6 Å². The van der Waals surface area contributed by atoms with Crippen molar-refractivity contribution in [3.63, 3.8) is 0 Å². The molecule has 30 heavy (non-hydrogen) atoms. The van der Waals surface area contributed by atoms with Crippen molar-refractivity contribution in [3.8, 4) is 5.75 Å². The Morgan fingerprint density at radius 3 is 2.43 bits per heavy atom. The van der Waals surface area contributed by atoms with Gasteiger partial charge in [-0.15, -0.1) is 0 Å². The van der Waals surface area contributed by atoms with Gasteiger partial charge >= 0.3 is 0 Å². The highest BCUT2D eigenvalue weighted by atomic mass is 17.2. The number of methoxy groups -OCH3 is 1. The number of aliphatic hydroxyl groups is 1. The van der Waals surface area contributed by atoms with Crippen LogP contribution >= 0.6 is 0 Å². The molecule has 4 rings (SSSR count). The molecule has 1 saturated carbocycles. The van der Waals surface area contributed by atoms with E-state index in [1.165, 1.54) is 0 Å². The fourth-order valence-corrected chi connectivity index (χ4v) is 6.19. The van der Waals surface area contributed by atoms with Crippen LogP contribution in [0.3, 0.4) is 0 Å². The second-order valence-corrected chi connectivity index (χ2v) is 10.1. The summed E-state index contributed by atoms with van der Waals surface area (Å²) in [5.41, 5.74) is -1.32. The second-order valence-electron chi connectivity index (χ2n) is 10.1. The maximum absolute atomic E-state index is 13.7. The summed E-state index contributed by atoms with van der Waals surface area (Å²) in [6.45, 7) is 11.3. The number of benzene rings is 1. The molecule has 6 nitrogen and oxygen atoms in total. The van der Waals surface area contributed by atoms with E-state index in [-0.39, 0.29) is 17.8 Å². The number of rotatable bonds is 1. The van der Waals surface area contributed by atoms with Crippen molar-refractivity contribution in [2.45, 2.75) is 71.7 Å². The van der Waals surface area contributed by atoms with Crippen molar-refractivity contribution >= 4 is 11.6 Å². The maximum Gasteiger partial charge on any atom is 0.230 e. The van der Waals surface area contributed by atoms with Gasteiger partial charge in [0.2, 0.25) is 11.6 Å². The minimum Gasteiger partial charge on any atom is -0.496 e. The topological polar surface area (TPSA) is 82.1 Å². The third kappa shape index (κ3) is 2.41. The van der Waals surface area contributed by atoms with E-state index in [0.29, 0.717) is 35.3 Å². The third-order valence-corrected chi connectivity index (χ3v) is 8.54. The smallest absolute Gasteiger partial charge is 0.230 e. The summed E-state index contributed by atoms with van der Waals surface area (Å²) in [5.74, 6) is -1.05. The predicted octanol–water partition coefficient (Wildman–Crippen LogP) is 3.75. The van der Waals surface area contributed by atoms with Crippen molar-refractivity contribution < 1.29 is 29.2 Å². The highest BCUT2D eigenvalue weighted by molar-refractivity contribution is 6.47. The summed E-state index contributed by atoms with van der Waals surface area (Å²) in [5, 5.41) is 11.1. The molecule has 0 radical (unpaired) electrons.